The summed E-state index contributed by atoms with van der Waals surface area (Å²) >= 11 is 0. The van der Waals surface area contributed by atoms with Crippen LogP contribution in [-0.2, 0) is 13.0 Å². The van der Waals surface area contributed by atoms with Gasteiger partial charge in [-0.1, -0.05) is 47.6 Å². The summed E-state index contributed by atoms with van der Waals surface area (Å²) in [7, 11) is 0. The zero-order chi connectivity index (χ0) is 16.1. The standard InChI is InChI=1S/C18H19N3O2.ClH/c1-13-20-18(23-21-13)17(19)11-14-7-9-16(10-8-14)22-12-15-5-3-2-4-6-15;/h2-10,17H,11-12,19H2,1H3;1H/t17-;/m1./s1. The van der Waals surface area contributed by atoms with Crippen molar-refractivity contribution in [3.8, 4) is 5.75 Å². The SMILES string of the molecule is Cc1noc([C@H](N)Cc2ccc(OCc3ccccc3)cc2)n1.Cl. The lowest BCUT2D eigenvalue weighted by molar-refractivity contribution is 0.306. The van der Waals surface area contributed by atoms with E-state index < -0.39 is 0 Å². The van der Waals surface area contributed by atoms with E-state index in [0.29, 0.717) is 24.7 Å². The van der Waals surface area contributed by atoms with Crippen LogP contribution in [0.5, 0.6) is 5.75 Å². The maximum atomic E-state index is 6.09. The van der Waals surface area contributed by atoms with Crippen LogP contribution in [0.3, 0.4) is 0 Å². The molecule has 3 aromatic rings. The van der Waals surface area contributed by atoms with Gasteiger partial charge < -0.3 is 15.0 Å². The largest absolute Gasteiger partial charge is 0.489 e. The third kappa shape index (κ3) is 4.81. The van der Waals surface area contributed by atoms with Crippen LogP contribution in [0.2, 0.25) is 0 Å². The maximum absolute atomic E-state index is 6.09. The van der Waals surface area contributed by atoms with E-state index in [1.807, 2.05) is 54.6 Å². The molecule has 2 N–H and O–H groups in total. The molecule has 1 atom stereocenters. The van der Waals surface area contributed by atoms with E-state index in [-0.39, 0.29) is 18.4 Å². The van der Waals surface area contributed by atoms with Crippen LogP contribution < -0.4 is 10.5 Å². The Bertz CT molecular complexity index is 744. The van der Waals surface area contributed by atoms with E-state index in [9.17, 15) is 0 Å². The molecule has 5 nitrogen and oxygen atoms in total. The Kier molecular flexibility index (Phi) is 6.35. The van der Waals surface area contributed by atoms with Crippen molar-refractivity contribution in [3.63, 3.8) is 0 Å². The van der Waals surface area contributed by atoms with Crippen molar-refractivity contribution in [2.75, 3.05) is 0 Å². The molecule has 6 heteroatoms. The van der Waals surface area contributed by atoms with Gasteiger partial charge in [0.15, 0.2) is 5.82 Å². The van der Waals surface area contributed by atoms with Gasteiger partial charge in [-0.2, -0.15) is 4.98 Å². The Balaban J connectivity index is 0.00000208. The molecule has 0 amide bonds. The van der Waals surface area contributed by atoms with Crippen molar-refractivity contribution in [1.82, 2.24) is 10.1 Å². The van der Waals surface area contributed by atoms with Gasteiger partial charge in [0.05, 0.1) is 6.04 Å². The maximum Gasteiger partial charge on any atom is 0.243 e. The topological polar surface area (TPSA) is 74.2 Å². The second kappa shape index (κ2) is 8.47. The molecule has 0 spiro atoms. The molecule has 0 radical (unpaired) electrons. The minimum Gasteiger partial charge on any atom is -0.489 e. The Morgan fingerprint density at radius 3 is 2.38 bits per heavy atom. The van der Waals surface area contributed by atoms with E-state index >= 15 is 0 Å². The first kappa shape index (κ1) is 18.0. The van der Waals surface area contributed by atoms with Gasteiger partial charge in [-0.3, -0.25) is 0 Å². The lowest BCUT2D eigenvalue weighted by atomic mass is 10.1. The number of benzene rings is 2. The fourth-order valence-electron chi connectivity index (χ4n) is 2.27. The summed E-state index contributed by atoms with van der Waals surface area (Å²) in [6, 6.07) is 17.7. The third-order valence-electron chi connectivity index (χ3n) is 3.49. The summed E-state index contributed by atoms with van der Waals surface area (Å²) in [5.41, 5.74) is 8.33. The van der Waals surface area contributed by atoms with E-state index in [4.69, 9.17) is 15.0 Å². The molecule has 0 saturated carbocycles. The molecular weight excluding hydrogens is 326 g/mol. The number of hydrogen-bond donors (Lipinski definition) is 1. The molecule has 126 valence electrons. The predicted octanol–water partition coefficient (Wildman–Crippen LogP) is 3.62. The first-order valence-electron chi connectivity index (χ1n) is 7.52. The van der Waals surface area contributed by atoms with E-state index in [2.05, 4.69) is 10.1 Å². The van der Waals surface area contributed by atoms with E-state index in [1.165, 1.54) is 0 Å². The fraction of sp³-hybridized carbons (Fsp3) is 0.222. The van der Waals surface area contributed by atoms with Crippen molar-refractivity contribution in [1.29, 1.82) is 0 Å². The van der Waals surface area contributed by atoms with E-state index in [1.54, 1.807) is 6.92 Å². The summed E-state index contributed by atoms with van der Waals surface area (Å²) in [5.74, 6) is 1.90. The number of hydrogen-bond acceptors (Lipinski definition) is 5. The molecule has 0 bridgehead atoms. The van der Waals surface area contributed by atoms with Gasteiger partial charge in [-0.25, -0.2) is 0 Å². The highest BCUT2D eigenvalue weighted by Crippen LogP contribution is 2.18. The van der Waals surface area contributed by atoms with Crippen LogP contribution in [0.25, 0.3) is 0 Å². The molecule has 0 aliphatic rings. The van der Waals surface area contributed by atoms with Gasteiger partial charge in [0.25, 0.3) is 0 Å². The zero-order valence-electron chi connectivity index (χ0n) is 13.4. The van der Waals surface area contributed by atoms with Crippen molar-refractivity contribution >= 4 is 12.4 Å². The number of rotatable bonds is 6. The molecule has 0 fully saturated rings. The Labute approximate surface area is 147 Å². The lowest BCUT2D eigenvalue weighted by Crippen LogP contribution is -2.13. The number of aromatic nitrogens is 2. The first-order valence-corrected chi connectivity index (χ1v) is 7.52. The first-order chi connectivity index (χ1) is 11.2. The molecule has 0 aliphatic carbocycles. The van der Waals surface area contributed by atoms with Gasteiger partial charge in [0.1, 0.15) is 12.4 Å². The monoisotopic (exact) mass is 345 g/mol. The van der Waals surface area contributed by atoms with Crippen LogP contribution in [0.15, 0.2) is 59.1 Å². The average molecular weight is 346 g/mol. The highest BCUT2D eigenvalue weighted by molar-refractivity contribution is 5.85. The molecule has 0 saturated heterocycles. The number of nitrogens with two attached hydrogens (primary N) is 1. The Hall–Kier alpha value is -2.37. The smallest absolute Gasteiger partial charge is 0.243 e. The number of aryl methyl sites for hydroxylation is 1. The van der Waals surface area contributed by atoms with Crippen LogP contribution in [-0.4, -0.2) is 10.1 Å². The van der Waals surface area contributed by atoms with Crippen molar-refractivity contribution in [2.24, 2.45) is 5.73 Å². The third-order valence-corrected chi connectivity index (χ3v) is 3.49. The highest BCUT2D eigenvalue weighted by atomic mass is 35.5. The zero-order valence-corrected chi connectivity index (χ0v) is 14.2. The predicted molar refractivity (Wildman–Crippen MR) is 94.1 cm³/mol. The van der Waals surface area contributed by atoms with Gasteiger partial charge >= 0.3 is 0 Å². The lowest BCUT2D eigenvalue weighted by Gasteiger charge is -2.09. The van der Waals surface area contributed by atoms with Gasteiger partial charge in [0, 0.05) is 0 Å². The molecule has 2 aromatic carbocycles. The van der Waals surface area contributed by atoms with E-state index in [0.717, 1.165) is 16.9 Å². The summed E-state index contributed by atoms with van der Waals surface area (Å²) in [6.45, 7) is 2.33. The summed E-state index contributed by atoms with van der Waals surface area (Å²) in [6.07, 6.45) is 0.639. The van der Waals surface area contributed by atoms with Crippen LogP contribution in [0, 0.1) is 6.92 Å². The fourth-order valence-corrected chi connectivity index (χ4v) is 2.27. The van der Waals surface area contributed by atoms with Crippen LogP contribution >= 0.6 is 12.4 Å². The summed E-state index contributed by atoms with van der Waals surface area (Å²) in [5, 5.41) is 3.76. The normalized spacial score (nSPS) is 11.6. The number of nitrogens with zero attached hydrogens (tertiary/aromatic N) is 2. The van der Waals surface area contributed by atoms with Crippen molar-refractivity contribution < 1.29 is 9.26 Å². The minimum atomic E-state index is -0.299. The van der Waals surface area contributed by atoms with Gasteiger partial charge in [-0.05, 0) is 36.6 Å². The highest BCUT2D eigenvalue weighted by Gasteiger charge is 2.14. The van der Waals surface area contributed by atoms with Crippen molar-refractivity contribution in [3.05, 3.63) is 77.4 Å². The number of ether oxygens (including phenoxy) is 1. The van der Waals surface area contributed by atoms with Gasteiger partial charge in [-0.15, -0.1) is 12.4 Å². The molecular formula is C18H20ClN3O2. The van der Waals surface area contributed by atoms with Crippen LogP contribution in [0.4, 0.5) is 0 Å². The average Bonchev–Trinajstić information content (AvgIpc) is 3.02. The van der Waals surface area contributed by atoms with Crippen LogP contribution in [0.1, 0.15) is 28.9 Å². The summed E-state index contributed by atoms with van der Waals surface area (Å²) < 4.78 is 10.9. The Morgan fingerprint density at radius 1 is 1.04 bits per heavy atom. The second-order valence-electron chi connectivity index (χ2n) is 5.41. The number of halogens is 1. The molecule has 0 aliphatic heterocycles. The molecule has 1 heterocycles. The minimum absolute atomic E-state index is 0. The van der Waals surface area contributed by atoms with Crippen molar-refractivity contribution in [2.45, 2.75) is 26.0 Å². The second-order valence-corrected chi connectivity index (χ2v) is 5.41. The summed E-state index contributed by atoms with van der Waals surface area (Å²) in [4.78, 5) is 4.16. The Morgan fingerprint density at radius 2 is 1.75 bits per heavy atom. The molecule has 1 aromatic heterocycles. The molecule has 0 unspecified atom stereocenters. The quantitative estimate of drug-likeness (QED) is 0.738. The molecule has 24 heavy (non-hydrogen) atoms. The molecule has 3 rings (SSSR count). The van der Waals surface area contributed by atoms with Gasteiger partial charge in [0.2, 0.25) is 5.89 Å².